The molecule has 1 atom stereocenters. The van der Waals surface area contributed by atoms with Crippen LogP contribution in [0.25, 0.3) is 0 Å². The van der Waals surface area contributed by atoms with Crippen LogP contribution in [0.5, 0.6) is 0 Å². The summed E-state index contributed by atoms with van der Waals surface area (Å²) >= 11 is 0. The SMILES string of the molecule is [CH2]C(C=CC=CCC)C(C)C. The quantitative estimate of drug-likeness (QED) is 0.538. The molecule has 0 aromatic rings. The van der Waals surface area contributed by atoms with Gasteiger partial charge in [0, 0.05) is 0 Å². The number of allylic oxidation sites excluding steroid dienone is 4. The van der Waals surface area contributed by atoms with Gasteiger partial charge < -0.3 is 0 Å². The van der Waals surface area contributed by atoms with Gasteiger partial charge >= 0.3 is 0 Å². The minimum atomic E-state index is 0.441. The van der Waals surface area contributed by atoms with E-state index in [0.717, 1.165) is 6.42 Å². The van der Waals surface area contributed by atoms with Gasteiger partial charge in [-0.1, -0.05) is 45.1 Å². The van der Waals surface area contributed by atoms with Crippen molar-refractivity contribution in [2.45, 2.75) is 27.2 Å². The zero-order valence-corrected chi connectivity index (χ0v) is 7.88. The molecule has 0 aliphatic rings. The Balaban J connectivity index is 3.64. The van der Waals surface area contributed by atoms with Gasteiger partial charge in [0.15, 0.2) is 0 Å². The lowest BCUT2D eigenvalue weighted by molar-refractivity contribution is 0.547. The molecule has 0 saturated carbocycles. The van der Waals surface area contributed by atoms with E-state index in [0.29, 0.717) is 11.8 Å². The van der Waals surface area contributed by atoms with Crippen LogP contribution in [-0.4, -0.2) is 0 Å². The maximum Gasteiger partial charge on any atom is -0.0207 e. The maximum atomic E-state index is 4.01. The summed E-state index contributed by atoms with van der Waals surface area (Å²) in [6, 6.07) is 0. The van der Waals surface area contributed by atoms with E-state index in [2.05, 4.69) is 52.0 Å². The molecule has 11 heavy (non-hydrogen) atoms. The predicted octanol–water partition coefficient (Wildman–Crippen LogP) is 3.62. The lowest BCUT2D eigenvalue weighted by Crippen LogP contribution is -1.99. The molecule has 1 radical (unpaired) electrons. The Morgan fingerprint density at radius 1 is 1.27 bits per heavy atom. The van der Waals surface area contributed by atoms with E-state index in [9.17, 15) is 0 Å². The first-order chi connectivity index (χ1) is 5.18. The van der Waals surface area contributed by atoms with Crippen molar-refractivity contribution in [3.8, 4) is 0 Å². The van der Waals surface area contributed by atoms with Crippen LogP contribution in [0.2, 0.25) is 0 Å². The minimum absolute atomic E-state index is 0.441. The Kier molecular flexibility index (Phi) is 5.91. The molecule has 0 heteroatoms. The van der Waals surface area contributed by atoms with Crippen LogP contribution in [0.15, 0.2) is 24.3 Å². The van der Waals surface area contributed by atoms with Crippen LogP contribution in [-0.2, 0) is 0 Å². The third-order valence-corrected chi connectivity index (χ3v) is 1.70. The molecule has 1 unspecified atom stereocenters. The Labute approximate surface area is 71.0 Å². The summed E-state index contributed by atoms with van der Waals surface area (Å²) < 4.78 is 0. The molecule has 0 amide bonds. The molecule has 0 fully saturated rings. The van der Waals surface area contributed by atoms with Crippen molar-refractivity contribution in [2.75, 3.05) is 0 Å². The third-order valence-electron chi connectivity index (χ3n) is 1.70. The van der Waals surface area contributed by atoms with E-state index >= 15 is 0 Å². The lowest BCUT2D eigenvalue weighted by Gasteiger charge is -2.08. The Hall–Kier alpha value is -0.520. The highest BCUT2D eigenvalue weighted by Crippen LogP contribution is 2.09. The molecular formula is C11H19. The molecule has 0 bridgehead atoms. The Bertz CT molecular complexity index is 129. The molecular weight excluding hydrogens is 132 g/mol. The van der Waals surface area contributed by atoms with Gasteiger partial charge in [-0.3, -0.25) is 0 Å². The Morgan fingerprint density at radius 2 is 1.91 bits per heavy atom. The summed E-state index contributed by atoms with van der Waals surface area (Å²) in [5, 5.41) is 0. The van der Waals surface area contributed by atoms with Crippen molar-refractivity contribution in [3.05, 3.63) is 31.2 Å². The van der Waals surface area contributed by atoms with Crippen molar-refractivity contribution in [1.29, 1.82) is 0 Å². The highest BCUT2D eigenvalue weighted by atomic mass is 14.0. The van der Waals surface area contributed by atoms with Gasteiger partial charge in [0.1, 0.15) is 0 Å². The monoisotopic (exact) mass is 151 g/mol. The predicted molar refractivity (Wildman–Crippen MR) is 52.3 cm³/mol. The van der Waals surface area contributed by atoms with Crippen LogP contribution >= 0.6 is 0 Å². The summed E-state index contributed by atoms with van der Waals surface area (Å²) in [5.41, 5.74) is 0. The average molecular weight is 151 g/mol. The average Bonchev–Trinajstić information content (AvgIpc) is 1.97. The van der Waals surface area contributed by atoms with Crippen molar-refractivity contribution in [3.63, 3.8) is 0 Å². The second-order valence-electron chi connectivity index (χ2n) is 3.13. The minimum Gasteiger partial charge on any atom is -0.0848 e. The second-order valence-corrected chi connectivity index (χ2v) is 3.13. The van der Waals surface area contributed by atoms with Gasteiger partial charge in [0.05, 0.1) is 0 Å². The van der Waals surface area contributed by atoms with E-state index in [4.69, 9.17) is 0 Å². The van der Waals surface area contributed by atoms with Crippen LogP contribution in [0.1, 0.15) is 27.2 Å². The molecule has 0 aliphatic heterocycles. The second kappa shape index (κ2) is 6.21. The zero-order valence-electron chi connectivity index (χ0n) is 7.88. The highest BCUT2D eigenvalue weighted by molar-refractivity contribution is 5.05. The van der Waals surface area contributed by atoms with Crippen molar-refractivity contribution < 1.29 is 0 Å². The summed E-state index contributed by atoms with van der Waals surface area (Å²) in [5.74, 6) is 1.08. The smallest absolute Gasteiger partial charge is 0.0207 e. The Morgan fingerprint density at radius 3 is 2.36 bits per heavy atom. The van der Waals surface area contributed by atoms with Crippen molar-refractivity contribution in [1.82, 2.24) is 0 Å². The largest absolute Gasteiger partial charge is 0.0848 e. The fraction of sp³-hybridized carbons (Fsp3) is 0.545. The van der Waals surface area contributed by atoms with Crippen LogP contribution in [0.3, 0.4) is 0 Å². The first kappa shape index (κ1) is 10.5. The van der Waals surface area contributed by atoms with Gasteiger partial charge in [0.2, 0.25) is 0 Å². The molecule has 0 N–H and O–H groups in total. The van der Waals surface area contributed by atoms with E-state index in [1.54, 1.807) is 0 Å². The first-order valence-corrected chi connectivity index (χ1v) is 4.34. The van der Waals surface area contributed by atoms with Crippen LogP contribution < -0.4 is 0 Å². The van der Waals surface area contributed by atoms with Gasteiger partial charge in [-0.25, -0.2) is 0 Å². The fourth-order valence-electron chi connectivity index (χ4n) is 0.644. The summed E-state index contributed by atoms with van der Waals surface area (Å²) in [6.07, 6.45) is 9.57. The normalized spacial score (nSPS) is 15.4. The molecule has 0 nitrogen and oxygen atoms in total. The van der Waals surface area contributed by atoms with Crippen molar-refractivity contribution >= 4 is 0 Å². The van der Waals surface area contributed by atoms with Gasteiger partial charge in [-0.2, -0.15) is 0 Å². The number of hydrogen-bond donors (Lipinski definition) is 0. The van der Waals surface area contributed by atoms with Gasteiger partial charge in [-0.05, 0) is 25.2 Å². The topological polar surface area (TPSA) is 0 Å². The molecule has 0 rings (SSSR count). The molecule has 0 spiro atoms. The van der Waals surface area contributed by atoms with E-state index in [1.807, 2.05) is 0 Å². The molecule has 63 valence electrons. The van der Waals surface area contributed by atoms with Gasteiger partial charge in [-0.15, -0.1) is 0 Å². The van der Waals surface area contributed by atoms with Crippen LogP contribution in [0, 0.1) is 18.8 Å². The number of hydrogen-bond acceptors (Lipinski definition) is 0. The fourth-order valence-corrected chi connectivity index (χ4v) is 0.644. The molecule has 0 aromatic heterocycles. The lowest BCUT2D eigenvalue weighted by atomic mass is 9.98. The molecule has 0 saturated heterocycles. The summed E-state index contributed by atoms with van der Waals surface area (Å²) in [4.78, 5) is 0. The van der Waals surface area contributed by atoms with E-state index in [-0.39, 0.29) is 0 Å². The highest BCUT2D eigenvalue weighted by Gasteiger charge is 2.00. The number of rotatable bonds is 4. The van der Waals surface area contributed by atoms with E-state index < -0.39 is 0 Å². The maximum absolute atomic E-state index is 4.01. The van der Waals surface area contributed by atoms with Crippen molar-refractivity contribution in [2.24, 2.45) is 11.8 Å². The van der Waals surface area contributed by atoms with Crippen LogP contribution in [0.4, 0.5) is 0 Å². The van der Waals surface area contributed by atoms with Gasteiger partial charge in [0.25, 0.3) is 0 Å². The third kappa shape index (κ3) is 5.90. The first-order valence-electron chi connectivity index (χ1n) is 4.34. The zero-order chi connectivity index (χ0) is 8.69. The van der Waals surface area contributed by atoms with E-state index in [1.165, 1.54) is 0 Å². The molecule has 0 heterocycles. The molecule has 0 aliphatic carbocycles. The standard InChI is InChI=1S/C11H19/c1-5-6-7-8-9-11(4)10(2)3/h6-11H,4-5H2,1-3H3. The summed E-state index contributed by atoms with van der Waals surface area (Å²) in [7, 11) is 0. The molecule has 0 aromatic carbocycles. The summed E-state index contributed by atoms with van der Waals surface area (Å²) in [6.45, 7) is 10.5.